The van der Waals surface area contributed by atoms with Gasteiger partial charge in [-0.15, -0.1) is 23.1 Å². The molecule has 3 atom stereocenters. The van der Waals surface area contributed by atoms with Crippen molar-refractivity contribution in [1.82, 2.24) is 40.6 Å². The zero-order chi connectivity index (χ0) is 57.1. The van der Waals surface area contributed by atoms with Crippen molar-refractivity contribution in [3.63, 3.8) is 0 Å². The molecule has 2 fully saturated rings. The number of aliphatic carboxylic acids is 1. The minimum atomic E-state index is -3.87. The number of hydrogen-bond donors (Lipinski definition) is 6. The lowest BCUT2D eigenvalue weighted by Gasteiger charge is -2.49. The Bertz CT molecular complexity index is 2950. The second kappa shape index (κ2) is 29.7. The van der Waals surface area contributed by atoms with Crippen LogP contribution in [0, 0.1) is 0 Å². The first kappa shape index (κ1) is 61.9. The molecule has 7 rings (SSSR count). The molecule has 2 saturated heterocycles. The maximum Gasteiger partial charge on any atom is 0.352 e. The van der Waals surface area contributed by atoms with Crippen LogP contribution in [0.25, 0.3) is 10.9 Å². The zero-order valence-electron chi connectivity index (χ0n) is 44.7. The van der Waals surface area contributed by atoms with E-state index in [4.69, 9.17) is 25.1 Å². The molecular formula is C51H69N11O13S3. The maximum atomic E-state index is 12.7. The molecular weight excluding hydrogens is 1070 g/mol. The Balaban J connectivity index is 0.000000218. The summed E-state index contributed by atoms with van der Waals surface area (Å²) in [5, 5.41) is 28.7. The van der Waals surface area contributed by atoms with Gasteiger partial charge in [0.15, 0.2) is 10.8 Å². The number of benzene rings is 2. The van der Waals surface area contributed by atoms with E-state index in [1.165, 1.54) is 56.5 Å². The fraction of sp³-hybridized carbons (Fsp3) is 0.471. The lowest BCUT2D eigenvalue weighted by Crippen LogP contribution is -2.71. The van der Waals surface area contributed by atoms with Gasteiger partial charge in [-0.05, 0) is 69.7 Å². The van der Waals surface area contributed by atoms with Crippen molar-refractivity contribution in [2.24, 2.45) is 10.3 Å². The number of β-lactam (4-membered cyclic amide) rings is 1. The largest absolute Gasteiger partial charge is 0.496 e. The molecule has 4 amide bonds. The second-order valence-electron chi connectivity index (χ2n) is 17.6. The Labute approximate surface area is 461 Å². The Hall–Kier alpha value is -6.91. The number of fused-ring (bicyclic) bond motifs is 2. The van der Waals surface area contributed by atoms with Gasteiger partial charge in [-0.3, -0.25) is 33.8 Å². The fourth-order valence-electron chi connectivity index (χ4n) is 8.47. The summed E-state index contributed by atoms with van der Waals surface area (Å²) in [4.78, 5) is 91.9. The topological polar surface area (TPSA) is 330 Å². The van der Waals surface area contributed by atoms with Crippen LogP contribution in [0.5, 0.6) is 11.6 Å². The molecule has 2 aromatic carbocycles. The number of carbonyl (C=O) groups excluding carboxylic acids is 5. The molecule has 0 bridgehead atoms. The predicted molar refractivity (Wildman–Crippen MR) is 296 cm³/mol. The summed E-state index contributed by atoms with van der Waals surface area (Å²) in [5.74, 6) is -2.60. The Morgan fingerprint density at radius 1 is 0.987 bits per heavy atom. The van der Waals surface area contributed by atoms with E-state index in [-0.39, 0.29) is 56.9 Å². The summed E-state index contributed by atoms with van der Waals surface area (Å²) in [6.45, 7) is 16.0. The predicted octanol–water partition coefficient (Wildman–Crippen LogP) is 3.42. The molecule has 1 unspecified atom stereocenters. The number of thiazole rings is 1. The van der Waals surface area contributed by atoms with Crippen LogP contribution in [0.15, 0.2) is 75.2 Å². The molecule has 78 heavy (non-hydrogen) atoms. The SMILES string of the molecule is CCCCOc1cc(C(=O)NCCN(CC)CC)c2ccccc2n1.CCN1CCCC1CNC(=O)c1cc(S(N)(=O)=O)ccc1OC.CO/N=C(\C(=O)N[C@@H]1C(=O)N2C(C(=O)O)=C(COC(C)=O)CS[C@H]12)c1csc(N)n1. The van der Waals surface area contributed by atoms with Gasteiger partial charge < -0.3 is 50.7 Å². The van der Waals surface area contributed by atoms with Gasteiger partial charge in [0.1, 0.15) is 42.3 Å². The number of carbonyl (C=O) groups is 6. The number of likely N-dealkylation sites (tertiary alicyclic amines) is 1. The number of carboxylic acids is 1. The average molecular weight is 1140 g/mol. The van der Waals surface area contributed by atoms with Crippen LogP contribution in [0.2, 0.25) is 0 Å². The number of anilines is 1. The highest BCUT2D eigenvalue weighted by Crippen LogP contribution is 2.40. The van der Waals surface area contributed by atoms with E-state index in [9.17, 15) is 42.3 Å². The summed E-state index contributed by atoms with van der Waals surface area (Å²) in [7, 11) is -1.19. The number of primary sulfonamides is 1. The van der Waals surface area contributed by atoms with Gasteiger partial charge in [-0.1, -0.05) is 57.5 Å². The monoisotopic (exact) mass is 1140 g/mol. The van der Waals surface area contributed by atoms with Crippen LogP contribution in [0.4, 0.5) is 5.13 Å². The molecule has 3 aliphatic heterocycles. The van der Waals surface area contributed by atoms with Crippen molar-refractivity contribution < 1.29 is 61.3 Å². The van der Waals surface area contributed by atoms with E-state index < -0.39 is 45.2 Å². The number of nitrogens with one attached hydrogen (secondary N) is 3. The van der Waals surface area contributed by atoms with E-state index in [1.54, 1.807) is 6.07 Å². The van der Waals surface area contributed by atoms with Crippen molar-refractivity contribution in [3.8, 4) is 11.6 Å². The molecule has 0 aliphatic carbocycles. The number of ether oxygens (including phenoxy) is 3. The number of hydrogen-bond acceptors (Lipinski definition) is 20. The molecule has 2 aromatic heterocycles. The number of aromatic nitrogens is 2. The molecule has 3 aliphatic rings. The van der Waals surface area contributed by atoms with Crippen LogP contribution in [0.1, 0.15) is 86.7 Å². The van der Waals surface area contributed by atoms with Crippen molar-refractivity contribution in [2.75, 3.05) is 84.7 Å². The summed E-state index contributed by atoms with van der Waals surface area (Å²) in [5.41, 5.74) is 7.24. The Kier molecular flexibility index (Phi) is 23.6. The molecule has 4 aromatic rings. The van der Waals surface area contributed by atoms with Crippen LogP contribution < -0.4 is 36.3 Å². The number of thioether (sulfide) groups is 1. The Morgan fingerprint density at radius 2 is 1.72 bits per heavy atom. The van der Waals surface area contributed by atoms with E-state index in [0.717, 1.165) is 85.5 Å². The van der Waals surface area contributed by atoms with Crippen LogP contribution >= 0.6 is 23.1 Å². The van der Waals surface area contributed by atoms with Crippen molar-refractivity contribution >= 4 is 90.4 Å². The fourth-order valence-corrected chi connectivity index (χ4v) is 10.9. The standard InChI is InChI=1S/C20H29N3O2.C16H17N5O7S2.C15H23N3O4S/c1-4-7-14-25-19-15-17(16-10-8-9-11-18(16)22-19)20(24)21-12-13-23(5-2)6-3;1-6(22)28-3-7-4-29-14-10(13(24)21(14)11(7)15(25)26)19-12(23)9(20-27-2)8-5-30-16(17)18-8;1-3-18-8-4-5-11(18)10-17-15(19)13-9-12(23(16,20)21)6-7-14(13)22-2/h8-11,15H,4-7,12-14H2,1-3H3,(H,21,24);5,10,14H,3-4H2,1-2H3,(H2,17,18)(H,19,23)(H,25,26);6-7,9,11H,3-5,8,10H2,1-2H3,(H,17,19)(H2,16,20,21)/b;20-9-;/t;10-,14-;/m.1./s1. The lowest BCUT2D eigenvalue weighted by atomic mass is 10.0. The molecule has 424 valence electrons. The van der Waals surface area contributed by atoms with Gasteiger partial charge in [0.05, 0.1) is 35.3 Å². The van der Waals surface area contributed by atoms with Crippen molar-refractivity contribution in [1.29, 1.82) is 0 Å². The number of unbranched alkanes of at least 4 members (excludes halogenated alkanes) is 1. The number of methoxy groups -OCH3 is 1. The first-order valence-corrected chi connectivity index (χ1v) is 28.7. The lowest BCUT2D eigenvalue weighted by molar-refractivity contribution is -0.150. The zero-order valence-corrected chi connectivity index (χ0v) is 47.2. The number of sulfonamides is 1. The third kappa shape index (κ3) is 16.6. The third-order valence-electron chi connectivity index (χ3n) is 12.6. The Morgan fingerprint density at radius 3 is 2.35 bits per heavy atom. The summed E-state index contributed by atoms with van der Waals surface area (Å²) in [6, 6.07) is 12.8. The minimum Gasteiger partial charge on any atom is -0.496 e. The highest BCUT2D eigenvalue weighted by atomic mass is 32.2. The minimum absolute atomic E-state index is 0.0777. The third-order valence-corrected chi connectivity index (χ3v) is 15.5. The van der Waals surface area contributed by atoms with E-state index in [1.807, 2.05) is 24.3 Å². The van der Waals surface area contributed by atoms with Crippen LogP contribution in [-0.2, 0) is 38.8 Å². The molecule has 0 spiro atoms. The maximum absolute atomic E-state index is 12.7. The summed E-state index contributed by atoms with van der Waals surface area (Å²) in [6.07, 6.45) is 4.20. The molecule has 27 heteroatoms. The van der Waals surface area contributed by atoms with Crippen LogP contribution in [-0.4, -0.2) is 176 Å². The normalized spacial score (nSPS) is 17.1. The number of oxime groups is 1. The highest BCUT2D eigenvalue weighted by molar-refractivity contribution is 8.00. The quantitative estimate of drug-likeness (QED) is 0.0204. The number of esters is 1. The smallest absolute Gasteiger partial charge is 0.352 e. The van der Waals surface area contributed by atoms with E-state index >= 15 is 0 Å². The van der Waals surface area contributed by atoms with E-state index in [0.29, 0.717) is 48.5 Å². The van der Waals surface area contributed by atoms with Gasteiger partial charge in [-0.2, -0.15) is 0 Å². The number of nitrogens with zero attached hydrogens (tertiary/aromatic N) is 6. The number of likely N-dealkylation sites (N-methyl/N-ethyl adjacent to an activating group) is 2. The average Bonchev–Trinajstić information content (AvgIpc) is 4.16. The molecule has 5 heterocycles. The number of nitrogens with two attached hydrogens (primary N) is 2. The van der Waals surface area contributed by atoms with Gasteiger partial charge >= 0.3 is 11.9 Å². The van der Waals surface area contributed by atoms with Gasteiger partial charge in [0.2, 0.25) is 15.9 Å². The summed E-state index contributed by atoms with van der Waals surface area (Å²) < 4.78 is 38.7. The number of carboxylic acid groups (broad SMARTS) is 1. The number of amides is 4. The molecule has 24 nitrogen and oxygen atoms in total. The summed E-state index contributed by atoms with van der Waals surface area (Å²) >= 11 is 2.35. The number of rotatable bonds is 23. The van der Waals surface area contributed by atoms with Crippen LogP contribution in [0.3, 0.4) is 0 Å². The first-order chi connectivity index (χ1) is 37.3. The first-order valence-electron chi connectivity index (χ1n) is 25.2. The van der Waals surface area contributed by atoms with Gasteiger partial charge in [-0.25, -0.2) is 28.3 Å². The molecule has 8 N–H and O–H groups in total. The van der Waals surface area contributed by atoms with Gasteiger partial charge in [0, 0.05) is 60.8 Å². The van der Waals surface area contributed by atoms with E-state index in [2.05, 4.69) is 73.4 Å². The number of para-hydroxylation sites is 1. The number of pyridine rings is 1. The molecule has 0 radical (unpaired) electrons. The number of nitrogen functional groups attached to an aromatic ring is 1. The molecule has 0 saturated carbocycles. The van der Waals surface area contributed by atoms with Crippen molar-refractivity contribution in [2.45, 2.75) is 82.7 Å². The van der Waals surface area contributed by atoms with Gasteiger partial charge in [0.25, 0.3) is 23.6 Å². The highest BCUT2D eigenvalue weighted by Gasteiger charge is 2.54. The van der Waals surface area contributed by atoms with Crippen molar-refractivity contribution in [3.05, 3.63) is 82.0 Å². The second-order valence-corrected chi connectivity index (χ2v) is 21.2.